The van der Waals surface area contributed by atoms with Crippen LogP contribution < -0.4 is 15.8 Å². The monoisotopic (exact) mass is 465 g/mol. The molecular formula is C21H28IN3O. The largest absolute Gasteiger partial charge is 0.497 e. The summed E-state index contributed by atoms with van der Waals surface area (Å²) in [5, 5.41) is 3.21. The second-order valence-corrected chi connectivity index (χ2v) is 6.69. The lowest BCUT2D eigenvalue weighted by Gasteiger charge is -2.12. The fourth-order valence-corrected chi connectivity index (χ4v) is 3.31. The van der Waals surface area contributed by atoms with Gasteiger partial charge in [-0.1, -0.05) is 25.1 Å². The van der Waals surface area contributed by atoms with E-state index in [0.717, 1.165) is 17.9 Å². The number of anilines is 1. The predicted octanol–water partition coefficient (Wildman–Crippen LogP) is 4.72. The standard InChI is InChI=1S/C21H27N3O.HI/c1-15(16-7-10-20(25-2)11-8-16)12-13-23-21(22)24-19-9-6-17-4-3-5-18(17)14-19;/h6-11,14-15H,3-5,12-13H2,1-2H3,(H3,22,23,24);1H. The molecule has 0 radical (unpaired) electrons. The maximum atomic E-state index is 6.04. The number of methoxy groups -OCH3 is 1. The van der Waals surface area contributed by atoms with Gasteiger partial charge in [-0.2, -0.15) is 0 Å². The Hall–Kier alpha value is -1.76. The molecule has 0 heterocycles. The van der Waals surface area contributed by atoms with Gasteiger partial charge in [0.25, 0.3) is 0 Å². The molecule has 3 rings (SSSR count). The minimum absolute atomic E-state index is 0. The first-order chi connectivity index (χ1) is 12.2. The Morgan fingerprint density at radius 1 is 1.15 bits per heavy atom. The SMILES string of the molecule is COc1ccc(C(C)CCN=C(N)Nc2ccc3c(c2)CCC3)cc1.I. The number of ether oxygens (including phenoxy) is 1. The lowest BCUT2D eigenvalue weighted by atomic mass is 9.98. The van der Waals surface area contributed by atoms with Gasteiger partial charge in [0, 0.05) is 12.2 Å². The van der Waals surface area contributed by atoms with E-state index in [2.05, 4.69) is 47.6 Å². The molecule has 0 spiro atoms. The van der Waals surface area contributed by atoms with E-state index in [4.69, 9.17) is 10.5 Å². The number of halogens is 1. The smallest absolute Gasteiger partial charge is 0.193 e. The van der Waals surface area contributed by atoms with Crippen LogP contribution in [-0.2, 0) is 12.8 Å². The summed E-state index contributed by atoms with van der Waals surface area (Å²) >= 11 is 0. The lowest BCUT2D eigenvalue weighted by Crippen LogP contribution is -2.23. The molecule has 0 fully saturated rings. The summed E-state index contributed by atoms with van der Waals surface area (Å²) < 4.78 is 5.20. The van der Waals surface area contributed by atoms with E-state index in [9.17, 15) is 0 Å². The van der Waals surface area contributed by atoms with Crippen molar-refractivity contribution in [3.8, 4) is 5.75 Å². The van der Waals surface area contributed by atoms with Gasteiger partial charge in [-0.3, -0.25) is 4.99 Å². The average molecular weight is 465 g/mol. The van der Waals surface area contributed by atoms with Crippen LogP contribution in [0.4, 0.5) is 5.69 Å². The molecule has 2 aromatic rings. The highest BCUT2D eigenvalue weighted by atomic mass is 127. The summed E-state index contributed by atoms with van der Waals surface area (Å²) in [5.41, 5.74) is 11.3. The van der Waals surface area contributed by atoms with Crippen LogP contribution in [0, 0.1) is 0 Å². The zero-order chi connectivity index (χ0) is 17.6. The summed E-state index contributed by atoms with van der Waals surface area (Å²) in [4.78, 5) is 4.47. The fraction of sp³-hybridized carbons (Fsp3) is 0.381. The van der Waals surface area contributed by atoms with Gasteiger partial charge in [-0.05, 0) is 72.6 Å². The van der Waals surface area contributed by atoms with Crippen LogP contribution in [0.3, 0.4) is 0 Å². The van der Waals surface area contributed by atoms with E-state index in [-0.39, 0.29) is 24.0 Å². The summed E-state index contributed by atoms with van der Waals surface area (Å²) in [6.45, 7) is 2.92. The van der Waals surface area contributed by atoms with Gasteiger partial charge in [-0.15, -0.1) is 24.0 Å². The Labute approximate surface area is 173 Å². The summed E-state index contributed by atoms with van der Waals surface area (Å²) in [5.74, 6) is 1.80. The maximum Gasteiger partial charge on any atom is 0.193 e. The van der Waals surface area contributed by atoms with Crippen molar-refractivity contribution >= 4 is 35.6 Å². The van der Waals surface area contributed by atoms with Crippen LogP contribution in [0.25, 0.3) is 0 Å². The zero-order valence-electron chi connectivity index (χ0n) is 15.5. The van der Waals surface area contributed by atoms with Crippen molar-refractivity contribution < 1.29 is 4.74 Å². The molecule has 0 saturated heterocycles. The second kappa shape index (κ2) is 9.80. The molecule has 0 bridgehead atoms. The van der Waals surface area contributed by atoms with Gasteiger partial charge < -0.3 is 15.8 Å². The molecule has 140 valence electrons. The molecule has 1 unspecified atom stereocenters. The molecular weight excluding hydrogens is 437 g/mol. The normalized spacial score (nSPS) is 14.3. The quantitative estimate of drug-likeness (QED) is 0.369. The number of hydrogen-bond donors (Lipinski definition) is 2. The van der Waals surface area contributed by atoms with E-state index in [1.807, 2.05) is 12.1 Å². The Morgan fingerprint density at radius 2 is 1.88 bits per heavy atom. The van der Waals surface area contributed by atoms with E-state index in [0.29, 0.717) is 18.4 Å². The van der Waals surface area contributed by atoms with Gasteiger partial charge in [0.1, 0.15) is 5.75 Å². The van der Waals surface area contributed by atoms with Crippen molar-refractivity contribution in [2.45, 2.75) is 38.5 Å². The first-order valence-corrected chi connectivity index (χ1v) is 8.98. The number of benzene rings is 2. The number of aryl methyl sites for hydroxylation is 2. The molecule has 3 N–H and O–H groups in total. The molecule has 26 heavy (non-hydrogen) atoms. The third-order valence-corrected chi connectivity index (χ3v) is 4.90. The predicted molar refractivity (Wildman–Crippen MR) is 120 cm³/mol. The second-order valence-electron chi connectivity index (χ2n) is 6.69. The molecule has 0 saturated carbocycles. The van der Waals surface area contributed by atoms with Gasteiger partial charge in [-0.25, -0.2) is 0 Å². The minimum atomic E-state index is 0. The van der Waals surface area contributed by atoms with Gasteiger partial charge in [0.15, 0.2) is 5.96 Å². The summed E-state index contributed by atoms with van der Waals surface area (Å²) in [6, 6.07) is 14.7. The van der Waals surface area contributed by atoms with E-state index in [1.165, 1.54) is 36.0 Å². The zero-order valence-corrected chi connectivity index (χ0v) is 17.8. The van der Waals surface area contributed by atoms with Crippen molar-refractivity contribution in [3.05, 3.63) is 59.2 Å². The first kappa shape index (κ1) is 20.6. The van der Waals surface area contributed by atoms with Crippen molar-refractivity contribution in [2.75, 3.05) is 19.0 Å². The Morgan fingerprint density at radius 3 is 2.62 bits per heavy atom. The number of rotatable bonds is 6. The number of guanidine groups is 1. The first-order valence-electron chi connectivity index (χ1n) is 8.98. The van der Waals surface area contributed by atoms with Crippen LogP contribution in [0.5, 0.6) is 5.75 Å². The highest BCUT2D eigenvalue weighted by Crippen LogP contribution is 2.25. The molecule has 4 nitrogen and oxygen atoms in total. The number of fused-ring (bicyclic) bond motifs is 1. The van der Waals surface area contributed by atoms with Crippen molar-refractivity contribution in [1.82, 2.24) is 0 Å². The molecule has 1 aliphatic carbocycles. The molecule has 5 heteroatoms. The Bertz CT molecular complexity index is 743. The number of hydrogen-bond acceptors (Lipinski definition) is 2. The molecule has 2 aromatic carbocycles. The highest BCUT2D eigenvalue weighted by molar-refractivity contribution is 14.0. The summed E-state index contributed by atoms with van der Waals surface area (Å²) in [6.07, 6.45) is 4.58. The van der Waals surface area contributed by atoms with Gasteiger partial charge in [0.2, 0.25) is 0 Å². The van der Waals surface area contributed by atoms with Gasteiger partial charge >= 0.3 is 0 Å². The van der Waals surface area contributed by atoms with E-state index < -0.39 is 0 Å². The number of nitrogens with one attached hydrogen (secondary N) is 1. The topological polar surface area (TPSA) is 59.6 Å². The average Bonchev–Trinajstić information content (AvgIpc) is 3.09. The Balaban J connectivity index is 0.00000243. The van der Waals surface area contributed by atoms with Crippen molar-refractivity contribution in [2.24, 2.45) is 10.7 Å². The number of nitrogens with two attached hydrogens (primary N) is 1. The number of nitrogens with zero attached hydrogens (tertiary/aromatic N) is 1. The third kappa shape index (κ3) is 5.37. The molecule has 0 aromatic heterocycles. The van der Waals surface area contributed by atoms with Crippen molar-refractivity contribution in [3.63, 3.8) is 0 Å². The Kier molecular flexibility index (Phi) is 7.75. The van der Waals surface area contributed by atoms with Crippen molar-refractivity contribution in [1.29, 1.82) is 0 Å². The maximum absolute atomic E-state index is 6.04. The van der Waals surface area contributed by atoms with Crippen LogP contribution in [0.2, 0.25) is 0 Å². The lowest BCUT2D eigenvalue weighted by molar-refractivity contribution is 0.414. The van der Waals surface area contributed by atoms with Crippen LogP contribution in [0.1, 0.15) is 42.4 Å². The van der Waals surface area contributed by atoms with Crippen LogP contribution in [0.15, 0.2) is 47.5 Å². The summed E-state index contributed by atoms with van der Waals surface area (Å²) in [7, 11) is 1.68. The highest BCUT2D eigenvalue weighted by Gasteiger charge is 2.11. The van der Waals surface area contributed by atoms with E-state index >= 15 is 0 Å². The number of aliphatic imine (C=N–C) groups is 1. The molecule has 1 aliphatic rings. The van der Waals surface area contributed by atoms with Crippen LogP contribution in [-0.4, -0.2) is 19.6 Å². The minimum Gasteiger partial charge on any atom is -0.497 e. The molecule has 1 atom stereocenters. The van der Waals surface area contributed by atoms with Crippen LogP contribution >= 0.6 is 24.0 Å². The molecule has 0 aliphatic heterocycles. The fourth-order valence-electron chi connectivity index (χ4n) is 3.31. The van der Waals surface area contributed by atoms with Gasteiger partial charge in [0.05, 0.1) is 7.11 Å². The molecule has 0 amide bonds. The van der Waals surface area contributed by atoms with E-state index in [1.54, 1.807) is 7.11 Å². The third-order valence-electron chi connectivity index (χ3n) is 4.90.